The molecule has 2 saturated heterocycles. The first kappa shape index (κ1) is 12.0. The lowest BCUT2D eigenvalue weighted by molar-refractivity contribution is 0.577. The average Bonchev–Trinajstić information content (AvgIpc) is 3.09. The maximum absolute atomic E-state index is 9.37. The molecular weight excluding hydrogens is 272 g/mol. The molecule has 2 aliphatic rings. The molecule has 0 spiro atoms. The highest BCUT2D eigenvalue weighted by Gasteiger charge is 2.38. The van der Waals surface area contributed by atoms with E-state index in [1.165, 1.54) is 6.42 Å². The van der Waals surface area contributed by atoms with Crippen LogP contribution < -0.4 is 10.2 Å². The van der Waals surface area contributed by atoms with Gasteiger partial charge in [0.25, 0.3) is 0 Å². The van der Waals surface area contributed by atoms with Crippen molar-refractivity contribution in [3.63, 3.8) is 0 Å². The highest BCUT2D eigenvalue weighted by molar-refractivity contribution is 6.31. The molecule has 4 rings (SSSR count). The van der Waals surface area contributed by atoms with Gasteiger partial charge in [-0.15, -0.1) is 0 Å². The molecule has 0 saturated carbocycles. The molecule has 0 amide bonds. The highest BCUT2D eigenvalue weighted by Crippen LogP contribution is 2.31. The number of nitrogens with zero attached hydrogens (tertiary/aromatic N) is 3. The molecule has 1 aromatic carbocycles. The van der Waals surface area contributed by atoms with Crippen LogP contribution in [0, 0.1) is 11.3 Å². The van der Waals surface area contributed by atoms with Crippen molar-refractivity contribution in [1.29, 1.82) is 5.26 Å². The van der Waals surface area contributed by atoms with Crippen LogP contribution in [0.3, 0.4) is 0 Å². The lowest BCUT2D eigenvalue weighted by Crippen LogP contribution is -2.44. The van der Waals surface area contributed by atoms with Gasteiger partial charge in [0, 0.05) is 35.6 Å². The Morgan fingerprint density at radius 3 is 3.00 bits per heavy atom. The lowest BCUT2D eigenvalue weighted by atomic mass is 10.1. The number of benzene rings is 1. The quantitative estimate of drug-likeness (QED) is 0.873. The monoisotopic (exact) mass is 284 g/mol. The van der Waals surface area contributed by atoms with Gasteiger partial charge in [-0.1, -0.05) is 11.6 Å². The summed E-state index contributed by atoms with van der Waals surface area (Å²) in [6, 6.07) is 10.7. The lowest BCUT2D eigenvalue weighted by Gasteiger charge is -2.28. The number of nitrogens with one attached hydrogen (secondary N) is 1. The topological polar surface area (TPSA) is 52.0 Å². The summed E-state index contributed by atoms with van der Waals surface area (Å²) in [7, 11) is 0. The number of piperazine rings is 1. The van der Waals surface area contributed by atoms with Crippen LogP contribution in [0.2, 0.25) is 5.02 Å². The van der Waals surface area contributed by atoms with E-state index in [4.69, 9.17) is 16.6 Å². The minimum absolute atomic E-state index is 0.504. The fourth-order valence-corrected chi connectivity index (χ4v) is 3.44. The molecular formula is C15H13ClN4. The zero-order valence-electron chi connectivity index (χ0n) is 10.8. The second-order valence-corrected chi connectivity index (χ2v) is 5.88. The van der Waals surface area contributed by atoms with Gasteiger partial charge in [0.1, 0.15) is 5.82 Å². The van der Waals surface area contributed by atoms with E-state index in [0.717, 1.165) is 29.8 Å². The first-order valence-corrected chi connectivity index (χ1v) is 7.13. The van der Waals surface area contributed by atoms with E-state index in [1.807, 2.05) is 24.3 Å². The number of aromatic nitrogens is 1. The van der Waals surface area contributed by atoms with Gasteiger partial charge in [-0.25, -0.2) is 4.98 Å². The van der Waals surface area contributed by atoms with Crippen LogP contribution in [0.25, 0.3) is 10.9 Å². The number of halogens is 1. The summed E-state index contributed by atoms with van der Waals surface area (Å²) in [5.41, 5.74) is 1.47. The first-order valence-electron chi connectivity index (χ1n) is 6.75. The van der Waals surface area contributed by atoms with E-state index in [1.54, 1.807) is 0 Å². The summed E-state index contributed by atoms with van der Waals surface area (Å²) in [6.45, 7) is 1.98. The largest absolute Gasteiger partial charge is 0.351 e. The molecule has 2 aliphatic heterocycles. The summed E-state index contributed by atoms with van der Waals surface area (Å²) in [6.07, 6.45) is 1.17. The first-order chi connectivity index (χ1) is 9.74. The summed E-state index contributed by atoms with van der Waals surface area (Å²) >= 11 is 6.01. The van der Waals surface area contributed by atoms with Gasteiger partial charge in [0.05, 0.1) is 17.1 Å². The smallest absolute Gasteiger partial charge is 0.130 e. The Hall–Kier alpha value is -1.83. The predicted octanol–water partition coefficient (Wildman–Crippen LogP) is 2.31. The van der Waals surface area contributed by atoms with E-state index < -0.39 is 0 Å². The van der Waals surface area contributed by atoms with Gasteiger partial charge in [-0.2, -0.15) is 5.26 Å². The van der Waals surface area contributed by atoms with Crippen LogP contribution >= 0.6 is 11.6 Å². The third-order valence-corrected chi connectivity index (χ3v) is 4.46. The van der Waals surface area contributed by atoms with E-state index in [-0.39, 0.29) is 0 Å². The summed E-state index contributed by atoms with van der Waals surface area (Å²) in [5.74, 6) is 0.908. The fraction of sp³-hybridized carbons (Fsp3) is 0.333. The number of nitriles is 1. The molecule has 1 aromatic heterocycles. The third kappa shape index (κ3) is 1.75. The Labute approximate surface area is 122 Å². The number of anilines is 1. The van der Waals surface area contributed by atoms with E-state index in [2.05, 4.69) is 16.3 Å². The van der Waals surface area contributed by atoms with Gasteiger partial charge in [0.15, 0.2) is 0 Å². The van der Waals surface area contributed by atoms with E-state index in [0.29, 0.717) is 22.7 Å². The third-order valence-electron chi connectivity index (χ3n) is 4.23. The van der Waals surface area contributed by atoms with Crippen LogP contribution in [0.1, 0.15) is 12.0 Å². The van der Waals surface area contributed by atoms with Gasteiger partial charge >= 0.3 is 0 Å². The average molecular weight is 285 g/mol. The molecule has 3 heterocycles. The van der Waals surface area contributed by atoms with Crippen molar-refractivity contribution >= 4 is 28.3 Å². The van der Waals surface area contributed by atoms with Crippen LogP contribution in [0.5, 0.6) is 0 Å². The van der Waals surface area contributed by atoms with Gasteiger partial charge in [-0.05, 0) is 30.7 Å². The summed E-state index contributed by atoms with van der Waals surface area (Å²) in [5, 5.41) is 14.3. The molecule has 0 radical (unpaired) electrons. The molecule has 2 fully saturated rings. The van der Waals surface area contributed by atoms with Crippen molar-refractivity contribution in [3.8, 4) is 6.07 Å². The number of pyridine rings is 1. The molecule has 2 bridgehead atoms. The molecule has 100 valence electrons. The van der Waals surface area contributed by atoms with Crippen LogP contribution in [-0.2, 0) is 0 Å². The number of fused-ring (bicyclic) bond motifs is 3. The van der Waals surface area contributed by atoms with Crippen molar-refractivity contribution in [2.75, 3.05) is 18.0 Å². The molecule has 0 unspecified atom stereocenters. The Bertz CT molecular complexity index is 736. The molecule has 20 heavy (non-hydrogen) atoms. The number of hydrogen-bond donors (Lipinski definition) is 1. The Balaban J connectivity index is 1.85. The van der Waals surface area contributed by atoms with Crippen LogP contribution in [-0.4, -0.2) is 30.2 Å². The minimum atomic E-state index is 0.504. The van der Waals surface area contributed by atoms with Gasteiger partial charge in [0.2, 0.25) is 0 Å². The van der Waals surface area contributed by atoms with Gasteiger partial charge in [-0.3, -0.25) is 0 Å². The Morgan fingerprint density at radius 1 is 1.40 bits per heavy atom. The van der Waals surface area contributed by atoms with E-state index >= 15 is 0 Å². The number of rotatable bonds is 1. The van der Waals surface area contributed by atoms with E-state index in [9.17, 15) is 5.26 Å². The van der Waals surface area contributed by atoms with Crippen LogP contribution in [0.4, 0.5) is 5.82 Å². The van der Waals surface area contributed by atoms with Crippen molar-refractivity contribution in [2.24, 2.45) is 0 Å². The molecule has 5 heteroatoms. The standard InChI is InChI=1S/C15H13ClN4/c16-10-1-2-14-13(4-10)9(6-17)3-15(19-14)20-8-11-5-12(20)7-18-11/h1-4,11-12,18H,5,7-8H2/t11-,12-/m1/s1. The molecule has 2 atom stereocenters. The molecule has 1 N–H and O–H groups in total. The Kier molecular flexibility index (Phi) is 2.59. The molecule has 2 aromatic rings. The normalized spacial score (nSPS) is 24.3. The number of hydrogen-bond acceptors (Lipinski definition) is 4. The van der Waals surface area contributed by atoms with Crippen molar-refractivity contribution in [2.45, 2.75) is 18.5 Å². The fourth-order valence-electron chi connectivity index (χ4n) is 3.27. The second-order valence-electron chi connectivity index (χ2n) is 5.45. The van der Waals surface area contributed by atoms with Crippen molar-refractivity contribution in [3.05, 3.63) is 34.9 Å². The zero-order chi connectivity index (χ0) is 13.7. The maximum Gasteiger partial charge on any atom is 0.130 e. The predicted molar refractivity (Wildman–Crippen MR) is 79.0 cm³/mol. The molecule has 0 aliphatic carbocycles. The SMILES string of the molecule is N#Cc1cc(N2C[C@H]3C[C@@H]2CN3)nc2ccc(Cl)cc12. The summed E-state index contributed by atoms with van der Waals surface area (Å²) < 4.78 is 0. The Morgan fingerprint density at radius 2 is 2.30 bits per heavy atom. The van der Waals surface area contributed by atoms with Gasteiger partial charge < -0.3 is 10.2 Å². The summed E-state index contributed by atoms with van der Waals surface area (Å²) in [4.78, 5) is 7.03. The van der Waals surface area contributed by atoms with Crippen LogP contribution in [0.15, 0.2) is 24.3 Å². The minimum Gasteiger partial charge on any atom is -0.351 e. The van der Waals surface area contributed by atoms with Crippen molar-refractivity contribution in [1.82, 2.24) is 10.3 Å². The highest BCUT2D eigenvalue weighted by atomic mass is 35.5. The zero-order valence-corrected chi connectivity index (χ0v) is 11.6. The van der Waals surface area contributed by atoms with Crippen molar-refractivity contribution < 1.29 is 0 Å². The molecule has 4 nitrogen and oxygen atoms in total. The maximum atomic E-state index is 9.37. The second kappa shape index (κ2) is 4.34.